The number of carbonyl (C=O) groups excluding carboxylic acids is 2. The van der Waals surface area contributed by atoms with Crippen molar-refractivity contribution in [1.29, 1.82) is 0 Å². The Labute approximate surface area is 122 Å². The Balaban J connectivity index is 2.13. The Morgan fingerprint density at radius 3 is 2.57 bits per heavy atom. The predicted molar refractivity (Wildman–Crippen MR) is 77.0 cm³/mol. The summed E-state index contributed by atoms with van der Waals surface area (Å²) in [7, 11) is 1.80. The van der Waals surface area contributed by atoms with Gasteiger partial charge in [-0.05, 0) is 36.8 Å². The number of amides is 2. The van der Waals surface area contributed by atoms with Crippen LogP contribution in [0.3, 0.4) is 0 Å². The van der Waals surface area contributed by atoms with Crippen molar-refractivity contribution in [3.8, 4) is 0 Å². The molecule has 0 radical (unpaired) electrons. The van der Waals surface area contributed by atoms with Gasteiger partial charge in [0.2, 0.25) is 0 Å². The van der Waals surface area contributed by atoms with Crippen LogP contribution in [0, 0.1) is 0 Å². The number of aromatic nitrogens is 1. The molecule has 1 aromatic heterocycles. The summed E-state index contributed by atoms with van der Waals surface area (Å²) in [4.78, 5) is 23.5. The fraction of sp³-hybridized carbons (Fsp3) is 0.200. The molecule has 2 rings (SSSR count). The second-order valence-electron chi connectivity index (χ2n) is 4.77. The molecule has 1 heterocycles. The van der Waals surface area contributed by atoms with Gasteiger partial charge >= 0.3 is 0 Å². The Bertz CT molecular complexity index is 664. The van der Waals surface area contributed by atoms with Gasteiger partial charge in [-0.3, -0.25) is 14.8 Å². The summed E-state index contributed by atoms with van der Waals surface area (Å²) in [6.45, 7) is 1.83. The summed E-state index contributed by atoms with van der Waals surface area (Å²) in [6, 6.07) is 9.99. The van der Waals surface area contributed by atoms with E-state index in [1.165, 1.54) is 0 Å². The largest absolute Gasteiger partial charge is 0.347 e. The highest BCUT2D eigenvalue weighted by Gasteiger charge is 2.14. The van der Waals surface area contributed by atoms with Crippen LogP contribution < -0.4 is 10.8 Å². The van der Waals surface area contributed by atoms with Crippen molar-refractivity contribution >= 4 is 11.8 Å². The van der Waals surface area contributed by atoms with E-state index in [0.717, 1.165) is 5.56 Å². The predicted octanol–water partition coefficient (Wildman–Crippen LogP) is 1.64. The third-order valence-electron chi connectivity index (χ3n) is 3.27. The fourth-order valence-corrected chi connectivity index (χ4v) is 2.06. The number of hydroxylamine groups is 1. The molecule has 0 aliphatic carbocycles. The van der Waals surface area contributed by atoms with Crippen LogP contribution in [0.2, 0.25) is 0 Å². The van der Waals surface area contributed by atoms with E-state index >= 15 is 0 Å². The van der Waals surface area contributed by atoms with Crippen molar-refractivity contribution in [1.82, 2.24) is 15.4 Å². The summed E-state index contributed by atoms with van der Waals surface area (Å²) >= 11 is 0. The van der Waals surface area contributed by atoms with Gasteiger partial charge in [0.15, 0.2) is 0 Å². The van der Waals surface area contributed by atoms with E-state index in [4.69, 9.17) is 5.21 Å². The average Bonchev–Trinajstić information content (AvgIpc) is 2.92. The Morgan fingerprint density at radius 2 is 1.95 bits per heavy atom. The van der Waals surface area contributed by atoms with E-state index in [1.54, 1.807) is 53.6 Å². The van der Waals surface area contributed by atoms with E-state index in [2.05, 4.69) is 5.32 Å². The SMILES string of the molecule is CC(NC(=O)c1cccn1C)c1cccc(C(=O)NO)c1. The van der Waals surface area contributed by atoms with Gasteiger partial charge in [-0.2, -0.15) is 0 Å². The smallest absolute Gasteiger partial charge is 0.274 e. The van der Waals surface area contributed by atoms with Gasteiger partial charge in [-0.25, -0.2) is 5.48 Å². The highest BCUT2D eigenvalue weighted by Crippen LogP contribution is 2.15. The molecule has 0 aliphatic heterocycles. The van der Waals surface area contributed by atoms with Crippen LogP contribution >= 0.6 is 0 Å². The molecule has 0 saturated heterocycles. The van der Waals surface area contributed by atoms with Gasteiger partial charge in [0, 0.05) is 18.8 Å². The van der Waals surface area contributed by atoms with E-state index < -0.39 is 5.91 Å². The number of rotatable bonds is 4. The summed E-state index contributed by atoms with van der Waals surface area (Å²) in [5.41, 5.74) is 3.25. The summed E-state index contributed by atoms with van der Waals surface area (Å²) < 4.78 is 1.73. The number of nitrogens with one attached hydrogen (secondary N) is 2. The number of aryl methyl sites for hydroxylation is 1. The maximum Gasteiger partial charge on any atom is 0.274 e. The van der Waals surface area contributed by atoms with Gasteiger partial charge in [-0.1, -0.05) is 12.1 Å². The number of hydrogen-bond donors (Lipinski definition) is 3. The molecule has 1 unspecified atom stereocenters. The molecule has 21 heavy (non-hydrogen) atoms. The number of hydrogen-bond acceptors (Lipinski definition) is 3. The van der Waals surface area contributed by atoms with Crippen LogP contribution in [0.5, 0.6) is 0 Å². The van der Waals surface area contributed by atoms with Gasteiger partial charge in [0.1, 0.15) is 5.69 Å². The fourth-order valence-electron chi connectivity index (χ4n) is 2.06. The maximum absolute atomic E-state index is 12.1. The average molecular weight is 287 g/mol. The summed E-state index contributed by atoms with van der Waals surface area (Å²) in [5.74, 6) is -0.773. The van der Waals surface area contributed by atoms with Crippen molar-refractivity contribution < 1.29 is 14.8 Å². The van der Waals surface area contributed by atoms with Gasteiger partial charge in [-0.15, -0.1) is 0 Å². The molecule has 0 bridgehead atoms. The van der Waals surface area contributed by atoms with Crippen molar-refractivity contribution in [2.24, 2.45) is 7.05 Å². The lowest BCUT2D eigenvalue weighted by atomic mass is 10.0. The molecule has 6 nitrogen and oxygen atoms in total. The van der Waals surface area contributed by atoms with E-state index in [1.807, 2.05) is 13.0 Å². The molecule has 2 amide bonds. The Kier molecular flexibility index (Phi) is 4.39. The van der Waals surface area contributed by atoms with Gasteiger partial charge < -0.3 is 9.88 Å². The highest BCUT2D eigenvalue weighted by molar-refractivity contribution is 5.94. The zero-order valence-electron chi connectivity index (χ0n) is 11.8. The monoisotopic (exact) mass is 287 g/mol. The third kappa shape index (κ3) is 3.29. The first-order chi connectivity index (χ1) is 10.0. The minimum Gasteiger partial charge on any atom is -0.347 e. The third-order valence-corrected chi connectivity index (χ3v) is 3.27. The highest BCUT2D eigenvalue weighted by atomic mass is 16.5. The summed E-state index contributed by atoms with van der Waals surface area (Å²) in [6.07, 6.45) is 1.80. The standard InChI is InChI=1S/C15H17N3O3/c1-10(16-15(20)13-7-4-8-18(13)2)11-5-3-6-12(9-11)14(19)17-21/h3-10,21H,1-2H3,(H,16,20)(H,17,19). The molecule has 2 aromatic rings. The molecule has 1 atom stereocenters. The normalized spacial score (nSPS) is 11.8. The van der Waals surface area contributed by atoms with Crippen LogP contribution in [0.25, 0.3) is 0 Å². The molecule has 1 aromatic carbocycles. The lowest BCUT2D eigenvalue weighted by molar-refractivity contribution is 0.0706. The second-order valence-corrected chi connectivity index (χ2v) is 4.77. The van der Waals surface area contributed by atoms with Crippen LogP contribution in [-0.4, -0.2) is 21.6 Å². The van der Waals surface area contributed by atoms with E-state index in [0.29, 0.717) is 11.3 Å². The second kappa shape index (κ2) is 6.23. The first kappa shape index (κ1) is 14.8. The molecule has 3 N–H and O–H groups in total. The summed E-state index contributed by atoms with van der Waals surface area (Å²) in [5, 5.41) is 11.5. The molecule has 0 spiro atoms. The van der Waals surface area contributed by atoms with E-state index in [-0.39, 0.29) is 11.9 Å². The van der Waals surface area contributed by atoms with Crippen LogP contribution in [0.4, 0.5) is 0 Å². The number of carbonyl (C=O) groups is 2. The van der Waals surface area contributed by atoms with Crippen molar-refractivity contribution in [3.63, 3.8) is 0 Å². The number of benzene rings is 1. The quantitative estimate of drug-likeness (QED) is 0.590. The van der Waals surface area contributed by atoms with Crippen molar-refractivity contribution in [2.45, 2.75) is 13.0 Å². The Morgan fingerprint density at radius 1 is 1.19 bits per heavy atom. The van der Waals surface area contributed by atoms with Crippen molar-refractivity contribution in [2.75, 3.05) is 0 Å². The van der Waals surface area contributed by atoms with E-state index in [9.17, 15) is 9.59 Å². The minimum atomic E-state index is -0.585. The zero-order chi connectivity index (χ0) is 15.4. The first-order valence-corrected chi connectivity index (χ1v) is 6.49. The first-order valence-electron chi connectivity index (χ1n) is 6.49. The van der Waals surface area contributed by atoms with Crippen LogP contribution in [-0.2, 0) is 7.05 Å². The molecular weight excluding hydrogens is 270 g/mol. The van der Waals surface area contributed by atoms with Gasteiger partial charge in [0.05, 0.1) is 6.04 Å². The lowest BCUT2D eigenvalue weighted by Crippen LogP contribution is -2.28. The Hall–Kier alpha value is -2.60. The molecule has 6 heteroatoms. The van der Waals surface area contributed by atoms with Crippen molar-refractivity contribution in [3.05, 3.63) is 59.4 Å². The molecular formula is C15H17N3O3. The van der Waals surface area contributed by atoms with Gasteiger partial charge in [0.25, 0.3) is 11.8 Å². The molecule has 0 saturated carbocycles. The maximum atomic E-state index is 12.1. The number of nitrogens with zero attached hydrogens (tertiary/aromatic N) is 1. The zero-order valence-corrected chi connectivity index (χ0v) is 11.8. The lowest BCUT2D eigenvalue weighted by Gasteiger charge is -2.15. The van der Waals surface area contributed by atoms with Crippen LogP contribution in [0.1, 0.15) is 39.4 Å². The molecule has 0 fully saturated rings. The minimum absolute atomic E-state index is 0.188. The molecule has 0 aliphatic rings. The van der Waals surface area contributed by atoms with Crippen LogP contribution in [0.15, 0.2) is 42.6 Å². The molecule has 110 valence electrons. The topological polar surface area (TPSA) is 83.4 Å².